The van der Waals surface area contributed by atoms with Crippen LogP contribution in [0.2, 0.25) is 5.02 Å². The third-order valence-electron chi connectivity index (χ3n) is 3.21. The van der Waals surface area contributed by atoms with Gasteiger partial charge in [-0.2, -0.15) is 0 Å². The highest BCUT2D eigenvalue weighted by atomic mass is 35.5. The molecule has 0 saturated heterocycles. The molecule has 0 bridgehead atoms. The van der Waals surface area contributed by atoms with E-state index in [1.165, 1.54) is 7.11 Å². The van der Waals surface area contributed by atoms with Crippen molar-refractivity contribution in [3.8, 4) is 5.69 Å². The minimum absolute atomic E-state index is 0.248. The van der Waals surface area contributed by atoms with Crippen LogP contribution in [0.15, 0.2) is 42.7 Å². The zero-order valence-electron chi connectivity index (χ0n) is 12.8. The summed E-state index contributed by atoms with van der Waals surface area (Å²) in [4.78, 5) is 12.0. The number of nitrogens with one attached hydrogen (secondary N) is 2. The third kappa shape index (κ3) is 5.28. The Morgan fingerprint density at radius 1 is 1.39 bits per heavy atom. The molecule has 1 aromatic carbocycles. The van der Waals surface area contributed by atoms with Gasteiger partial charge in [0, 0.05) is 31.1 Å². The molecule has 3 N–H and O–H groups in total. The first-order chi connectivity index (χ1) is 11.1. The number of methoxy groups -OCH3 is 1. The van der Waals surface area contributed by atoms with E-state index in [0.29, 0.717) is 23.7 Å². The van der Waals surface area contributed by atoms with Gasteiger partial charge in [-0.05, 0) is 36.8 Å². The van der Waals surface area contributed by atoms with Crippen LogP contribution in [0.1, 0.15) is 6.42 Å². The monoisotopic (exact) mass is 337 g/mol. The number of aromatic nitrogens is 1. The largest absolute Gasteiger partial charge is 0.391 e. The predicted octanol–water partition coefficient (Wildman–Crippen LogP) is 2.65. The smallest absolute Gasteiger partial charge is 0.319 e. The number of rotatable bonds is 7. The first-order valence-electron chi connectivity index (χ1n) is 7.25. The number of hydrogen-bond acceptors (Lipinski definition) is 3. The van der Waals surface area contributed by atoms with E-state index in [2.05, 4.69) is 10.6 Å². The number of urea groups is 1. The molecule has 0 spiro atoms. The second kappa shape index (κ2) is 8.57. The summed E-state index contributed by atoms with van der Waals surface area (Å²) in [6, 6.07) is 8.68. The van der Waals surface area contributed by atoms with Crippen LogP contribution in [0.5, 0.6) is 0 Å². The first-order valence-corrected chi connectivity index (χ1v) is 7.62. The van der Waals surface area contributed by atoms with Gasteiger partial charge >= 0.3 is 6.03 Å². The van der Waals surface area contributed by atoms with Gasteiger partial charge in [0.25, 0.3) is 0 Å². The van der Waals surface area contributed by atoms with Crippen molar-refractivity contribution in [2.45, 2.75) is 12.5 Å². The van der Waals surface area contributed by atoms with E-state index in [-0.39, 0.29) is 12.6 Å². The number of hydrogen-bond donors (Lipinski definition) is 3. The Bertz CT molecular complexity index is 632. The summed E-state index contributed by atoms with van der Waals surface area (Å²) in [6.07, 6.45) is 3.57. The lowest BCUT2D eigenvalue weighted by Crippen LogP contribution is -2.32. The minimum atomic E-state index is -0.591. The van der Waals surface area contributed by atoms with E-state index < -0.39 is 6.10 Å². The number of carbonyl (C=O) groups is 1. The molecule has 2 rings (SSSR count). The molecule has 6 nitrogen and oxygen atoms in total. The number of benzene rings is 1. The Hall–Kier alpha value is -2.02. The summed E-state index contributed by atoms with van der Waals surface area (Å²) in [5.41, 5.74) is 1.41. The summed E-state index contributed by atoms with van der Waals surface area (Å²) in [7, 11) is 1.52. The summed E-state index contributed by atoms with van der Waals surface area (Å²) in [6.45, 7) is 0.598. The molecule has 0 aliphatic carbocycles. The standard InChI is InChI=1S/C16H20ClN3O3/c1-23-11-13(21)6-7-18-16(22)19-14-5-4-12(17)10-15(14)20-8-2-3-9-20/h2-5,8-10,13,21H,6-7,11H2,1H3,(H2,18,19,22). The molecule has 2 amide bonds. The maximum absolute atomic E-state index is 12.0. The van der Waals surface area contributed by atoms with Gasteiger partial charge in [-0.15, -0.1) is 0 Å². The van der Waals surface area contributed by atoms with Crippen molar-refractivity contribution in [3.05, 3.63) is 47.7 Å². The quantitative estimate of drug-likeness (QED) is 0.727. The average molecular weight is 338 g/mol. The van der Waals surface area contributed by atoms with Crippen molar-refractivity contribution in [3.63, 3.8) is 0 Å². The van der Waals surface area contributed by atoms with Crippen LogP contribution < -0.4 is 10.6 Å². The normalized spacial score (nSPS) is 12.0. The molecule has 23 heavy (non-hydrogen) atoms. The fourth-order valence-electron chi connectivity index (χ4n) is 2.11. The van der Waals surface area contributed by atoms with Gasteiger partial charge in [0.2, 0.25) is 0 Å². The molecule has 1 aromatic heterocycles. The number of aliphatic hydroxyl groups excluding tert-OH is 1. The van der Waals surface area contributed by atoms with Crippen molar-refractivity contribution < 1.29 is 14.6 Å². The summed E-state index contributed by atoms with van der Waals surface area (Å²) in [5.74, 6) is 0. The van der Waals surface area contributed by atoms with Gasteiger partial charge in [-0.1, -0.05) is 11.6 Å². The van der Waals surface area contributed by atoms with Crippen LogP contribution in [0.4, 0.5) is 10.5 Å². The molecule has 0 aliphatic rings. The maximum atomic E-state index is 12.0. The number of aliphatic hydroxyl groups is 1. The van der Waals surface area contributed by atoms with Gasteiger partial charge in [0.05, 0.1) is 24.1 Å². The maximum Gasteiger partial charge on any atom is 0.319 e. The summed E-state index contributed by atoms with van der Waals surface area (Å²) in [5, 5.41) is 15.6. The highest BCUT2D eigenvalue weighted by Crippen LogP contribution is 2.24. The van der Waals surface area contributed by atoms with Crippen molar-refractivity contribution >= 4 is 23.3 Å². The fourth-order valence-corrected chi connectivity index (χ4v) is 2.28. The molecule has 1 unspecified atom stereocenters. The Morgan fingerprint density at radius 3 is 2.83 bits per heavy atom. The van der Waals surface area contributed by atoms with E-state index in [4.69, 9.17) is 16.3 Å². The van der Waals surface area contributed by atoms with Gasteiger partial charge in [-0.25, -0.2) is 4.79 Å². The molecule has 124 valence electrons. The first kappa shape index (κ1) is 17.3. The lowest BCUT2D eigenvalue weighted by atomic mass is 10.2. The Balaban J connectivity index is 1.96. The van der Waals surface area contributed by atoms with Crippen molar-refractivity contribution in [1.29, 1.82) is 0 Å². The zero-order valence-corrected chi connectivity index (χ0v) is 13.6. The van der Waals surface area contributed by atoms with Crippen LogP contribution in [0, 0.1) is 0 Å². The highest BCUT2D eigenvalue weighted by Gasteiger charge is 2.09. The second-order valence-electron chi connectivity index (χ2n) is 5.03. The Kier molecular flexibility index (Phi) is 6.46. The third-order valence-corrected chi connectivity index (χ3v) is 3.45. The molecule has 0 saturated carbocycles. The number of nitrogens with zero attached hydrogens (tertiary/aromatic N) is 1. The molecule has 2 aromatic rings. The average Bonchev–Trinajstić information content (AvgIpc) is 3.03. The van der Waals surface area contributed by atoms with Crippen molar-refractivity contribution in [2.75, 3.05) is 25.6 Å². The predicted molar refractivity (Wildman–Crippen MR) is 90.3 cm³/mol. The van der Waals surface area contributed by atoms with Crippen LogP contribution in [0.3, 0.4) is 0 Å². The van der Waals surface area contributed by atoms with Crippen molar-refractivity contribution in [1.82, 2.24) is 9.88 Å². The fraction of sp³-hybridized carbons (Fsp3) is 0.312. The molecule has 1 atom stereocenters. The van der Waals surface area contributed by atoms with Gasteiger partial charge in [0.1, 0.15) is 0 Å². The topological polar surface area (TPSA) is 75.5 Å². The number of carbonyl (C=O) groups excluding carboxylic acids is 1. The lowest BCUT2D eigenvalue weighted by Gasteiger charge is -2.14. The van der Waals surface area contributed by atoms with Crippen LogP contribution in [0.25, 0.3) is 5.69 Å². The summed E-state index contributed by atoms with van der Waals surface area (Å²) < 4.78 is 6.70. The molecular formula is C16H20ClN3O3. The van der Waals surface area contributed by atoms with E-state index in [1.54, 1.807) is 18.2 Å². The Morgan fingerprint density at radius 2 is 2.13 bits per heavy atom. The van der Waals surface area contributed by atoms with E-state index >= 15 is 0 Å². The molecule has 0 fully saturated rings. The SMILES string of the molecule is COCC(O)CCNC(=O)Nc1ccc(Cl)cc1-n1cccc1. The van der Waals surface area contributed by atoms with Gasteiger partial charge in [0.15, 0.2) is 0 Å². The van der Waals surface area contributed by atoms with Crippen molar-refractivity contribution in [2.24, 2.45) is 0 Å². The molecule has 0 aliphatic heterocycles. The Labute approximate surface area is 140 Å². The molecular weight excluding hydrogens is 318 g/mol. The van der Waals surface area contributed by atoms with Crippen LogP contribution in [-0.2, 0) is 4.74 Å². The van der Waals surface area contributed by atoms with Gasteiger partial charge < -0.3 is 25.0 Å². The van der Waals surface area contributed by atoms with E-state index in [1.807, 2.05) is 29.1 Å². The number of ether oxygens (including phenoxy) is 1. The number of halogens is 1. The summed E-state index contributed by atoms with van der Waals surface area (Å²) >= 11 is 6.04. The number of anilines is 1. The second-order valence-corrected chi connectivity index (χ2v) is 5.47. The van der Waals surface area contributed by atoms with Gasteiger partial charge in [-0.3, -0.25) is 0 Å². The molecule has 7 heteroatoms. The van der Waals surface area contributed by atoms with E-state index in [0.717, 1.165) is 5.69 Å². The van der Waals surface area contributed by atoms with E-state index in [9.17, 15) is 9.90 Å². The van der Waals surface area contributed by atoms with Crippen LogP contribution >= 0.6 is 11.6 Å². The molecule has 1 heterocycles. The number of amides is 2. The highest BCUT2D eigenvalue weighted by molar-refractivity contribution is 6.30. The van der Waals surface area contributed by atoms with Crippen LogP contribution in [-0.4, -0.2) is 42.1 Å². The molecule has 0 radical (unpaired) electrons. The zero-order chi connectivity index (χ0) is 16.7. The lowest BCUT2D eigenvalue weighted by molar-refractivity contribution is 0.0599. The minimum Gasteiger partial charge on any atom is -0.391 e.